The van der Waals surface area contributed by atoms with E-state index >= 15 is 0 Å². The minimum atomic E-state index is 0.704. The summed E-state index contributed by atoms with van der Waals surface area (Å²) in [5.41, 5.74) is 9.38. The quantitative estimate of drug-likeness (QED) is 0.805. The van der Waals surface area contributed by atoms with Gasteiger partial charge in [-0.15, -0.1) is 0 Å². The fraction of sp³-hybridized carbons (Fsp3) is 0.538. The zero-order valence-corrected chi connectivity index (χ0v) is 9.97. The van der Waals surface area contributed by atoms with Gasteiger partial charge in [-0.2, -0.15) is 0 Å². The van der Waals surface area contributed by atoms with Crippen LogP contribution < -0.4 is 10.5 Å². The highest BCUT2D eigenvalue weighted by Gasteiger charge is 2.04. The summed E-state index contributed by atoms with van der Waals surface area (Å²) in [7, 11) is 0. The maximum Gasteiger partial charge on any atom is 0.122 e. The number of ether oxygens (including phenoxy) is 1. The Kier molecular flexibility index (Phi) is 4.63. The molecular formula is C13H21NO. The second-order valence-electron chi connectivity index (χ2n) is 3.93. The van der Waals surface area contributed by atoms with E-state index in [1.165, 1.54) is 16.7 Å². The van der Waals surface area contributed by atoms with E-state index in [0.29, 0.717) is 6.54 Å². The Labute approximate surface area is 92.4 Å². The molecule has 0 spiro atoms. The Balaban J connectivity index is 2.87. The van der Waals surface area contributed by atoms with Crippen molar-refractivity contribution in [2.24, 2.45) is 5.73 Å². The second kappa shape index (κ2) is 5.76. The number of nitrogens with two attached hydrogens (primary N) is 1. The summed E-state index contributed by atoms with van der Waals surface area (Å²) in [6.07, 6.45) is 1.99. The van der Waals surface area contributed by atoms with Crippen LogP contribution in [0.5, 0.6) is 5.75 Å². The Morgan fingerprint density at radius 1 is 1.20 bits per heavy atom. The Morgan fingerprint density at radius 3 is 2.53 bits per heavy atom. The third kappa shape index (κ3) is 3.24. The van der Waals surface area contributed by atoms with Crippen LogP contribution >= 0.6 is 0 Å². The van der Waals surface area contributed by atoms with Crippen molar-refractivity contribution in [2.45, 2.75) is 33.6 Å². The second-order valence-corrected chi connectivity index (χ2v) is 3.93. The predicted octanol–water partition coefficient (Wildman–Crippen LogP) is 2.59. The summed E-state index contributed by atoms with van der Waals surface area (Å²) in [5.74, 6) is 1.01. The maximum absolute atomic E-state index is 5.67. The molecule has 0 atom stereocenters. The lowest BCUT2D eigenvalue weighted by Crippen LogP contribution is -2.05. The third-order valence-electron chi connectivity index (χ3n) is 2.51. The first kappa shape index (κ1) is 12.1. The third-order valence-corrected chi connectivity index (χ3v) is 2.51. The summed E-state index contributed by atoms with van der Waals surface area (Å²) in [4.78, 5) is 0. The van der Waals surface area contributed by atoms with Gasteiger partial charge < -0.3 is 10.5 Å². The first-order chi connectivity index (χ1) is 7.19. The molecule has 0 saturated carbocycles. The van der Waals surface area contributed by atoms with Gasteiger partial charge in [0.25, 0.3) is 0 Å². The van der Waals surface area contributed by atoms with E-state index in [1.807, 2.05) is 0 Å². The molecule has 0 aliphatic rings. The fourth-order valence-electron chi connectivity index (χ4n) is 1.64. The summed E-state index contributed by atoms with van der Waals surface area (Å²) in [5, 5.41) is 0. The lowest BCUT2D eigenvalue weighted by Gasteiger charge is -2.12. The summed E-state index contributed by atoms with van der Waals surface area (Å²) >= 11 is 0. The molecule has 2 heteroatoms. The van der Waals surface area contributed by atoms with E-state index in [2.05, 4.69) is 32.9 Å². The minimum Gasteiger partial charge on any atom is -0.493 e. The molecular weight excluding hydrogens is 186 g/mol. The zero-order chi connectivity index (χ0) is 11.3. The van der Waals surface area contributed by atoms with Gasteiger partial charge in [0.1, 0.15) is 5.75 Å². The van der Waals surface area contributed by atoms with Gasteiger partial charge in [-0.1, -0.05) is 13.0 Å². The molecule has 0 amide bonds. The van der Waals surface area contributed by atoms with Crippen molar-refractivity contribution in [1.29, 1.82) is 0 Å². The lowest BCUT2D eigenvalue weighted by atomic mass is 10.0. The molecule has 1 rings (SSSR count). The standard InChI is InChI=1S/C13H21NO/c1-4-7-15-13-9-10(2)12(5-6-14)8-11(13)3/h8-9H,4-7,14H2,1-3H3. The van der Waals surface area contributed by atoms with Crippen LogP contribution in [0.25, 0.3) is 0 Å². The lowest BCUT2D eigenvalue weighted by molar-refractivity contribution is 0.315. The zero-order valence-electron chi connectivity index (χ0n) is 9.97. The van der Waals surface area contributed by atoms with E-state index in [4.69, 9.17) is 10.5 Å². The Morgan fingerprint density at radius 2 is 1.93 bits per heavy atom. The number of benzene rings is 1. The van der Waals surface area contributed by atoms with Gasteiger partial charge in [0, 0.05) is 0 Å². The van der Waals surface area contributed by atoms with Crippen LogP contribution in [0.4, 0.5) is 0 Å². The van der Waals surface area contributed by atoms with Crippen molar-refractivity contribution in [3.05, 3.63) is 28.8 Å². The van der Waals surface area contributed by atoms with Gasteiger partial charge in [0.15, 0.2) is 0 Å². The normalized spacial score (nSPS) is 10.4. The number of rotatable bonds is 5. The van der Waals surface area contributed by atoms with Crippen molar-refractivity contribution >= 4 is 0 Å². The summed E-state index contributed by atoms with van der Waals surface area (Å²) < 4.78 is 5.67. The highest BCUT2D eigenvalue weighted by Crippen LogP contribution is 2.23. The van der Waals surface area contributed by atoms with Crippen LogP contribution in [0, 0.1) is 13.8 Å². The Bertz CT molecular complexity index is 321. The van der Waals surface area contributed by atoms with Gasteiger partial charge >= 0.3 is 0 Å². The monoisotopic (exact) mass is 207 g/mol. The van der Waals surface area contributed by atoms with Crippen LogP contribution in [0.15, 0.2) is 12.1 Å². The van der Waals surface area contributed by atoms with Crippen molar-refractivity contribution in [1.82, 2.24) is 0 Å². The number of hydrogen-bond acceptors (Lipinski definition) is 2. The van der Waals surface area contributed by atoms with E-state index in [-0.39, 0.29) is 0 Å². The van der Waals surface area contributed by atoms with Gasteiger partial charge in [0.2, 0.25) is 0 Å². The molecule has 0 radical (unpaired) electrons. The van der Waals surface area contributed by atoms with Crippen molar-refractivity contribution < 1.29 is 4.74 Å². The van der Waals surface area contributed by atoms with Gasteiger partial charge in [-0.3, -0.25) is 0 Å². The van der Waals surface area contributed by atoms with Gasteiger partial charge in [-0.05, 0) is 56.0 Å². The molecule has 2 nitrogen and oxygen atoms in total. The maximum atomic E-state index is 5.67. The van der Waals surface area contributed by atoms with Crippen molar-refractivity contribution in [3.63, 3.8) is 0 Å². The van der Waals surface area contributed by atoms with Crippen molar-refractivity contribution in [3.8, 4) is 5.75 Å². The number of aryl methyl sites for hydroxylation is 2. The van der Waals surface area contributed by atoms with E-state index in [9.17, 15) is 0 Å². The fourth-order valence-corrected chi connectivity index (χ4v) is 1.64. The first-order valence-electron chi connectivity index (χ1n) is 5.62. The molecule has 0 unspecified atom stereocenters. The summed E-state index contributed by atoms with van der Waals surface area (Å²) in [6.45, 7) is 7.81. The van der Waals surface area contributed by atoms with Gasteiger partial charge in [0.05, 0.1) is 6.61 Å². The predicted molar refractivity (Wildman–Crippen MR) is 64.5 cm³/mol. The SMILES string of the molecule is CCCOc1cc(C)c(CCN)cc1C. The molecule has 0 fully saturated rings. The first-order valence-corrected chi connectivity index (χ1v) is 5.62. The van der Waals surface area contributed by atoms with E-state index in [1.54, 1.807) is 0 Å². The summed E-state index contributed by atoms with van der Waals surface area (Å²) in [6, 6.07) is 4.31. The molecule has 1 aromatic rings. The molecule has 0 heterocycles. The van der Waals surface area contributed by atoms with E-state index in [0.717, 1.165) is 25.2 Å². The van der Waals surface area contributed by atoms with E-state index < -0.39 is 0 Å². The van der Waals surface area contributed by atoms with Crippen molar-refractivity contribution in [2.75, 3.05) is 13.2 Å². The molecule has 2 N–H and O–H groups in total. The van der Waals surface area contributed by atoms with Crippen LogP contribution in [0.1, 0.15) is 30.0 Å². The highest BCUT2D eigenvalue weighted by molar-refractivity contribution is 5.41. The molecule has 0 aromatic heterocycles. The van der Waals surface area contributed by atoms with Crippen LogP contribution in [-0.2, 0) is 6.42 Å². The Hall–Kier alpha value is -1.02. The molecule has 15 heavy (non-hydrogen) atoms. The molecule has 0 saturated heterocycles. The average Bonchev–Trinajstić information content (AvgIpc) is 2.21. The largest absolute Gasteiger partial charge is 0.493 e. The topological polar surface area (TPSA) is 35.2 Å². The molecule has 0 bridgehead atoms. The highest BCUT2D eigenvalue weighted by atomic mass is 16.5. The molecule has 84 valence electrons. The van der Waals surface area contributed by atoms with Crippen LogP contribution in [0.3, 0.4) is 0 Å². The molecule has 1 aromatic carbocycles. The smallest absolute Gasteiger partial charge is 0.122 e. The number of hydrogen-bond donors (Lipinski definition) is 1. The minimum absolute atomic E-state index is 0.704. The van der Waals surface area contributed by atoms with Crippen LogP contribution in [0.2, 0.25) is 0 Å². The van der Waals surface area contributed by atoms with Gasteiger partial charge in [-0.25, -0.2) is 0 Å². The molecule has 0 aliphatic heterocycles. The molecule has 0 aliphatic carbocycles. The average molecular weight is 207 g/mol. The van der Waals surface area contributed by atoms with Crippen LogP contribution in [-0.4, -0.2) is 13.2 Å².